The lowest BCUT2D eigenvalue weighted by Crippen LogP contribution is -2.06. The van der Waals surface area contributed by atoms with Crippen LogP contribution in [0.2, 0.25) is 0 Å². The highest BCUT2D eigenvalue weighted by Gasteiger charge is 2.10. The van der Waals surface area contributed by atoms with Crippen LogP contribution in [0.15, 0.2) is 24.3 Å². The zero-order chi connectivity index (χ0) is 10.6. The van der Waals surface area contributed by atoms with Crippen LogP contribution in [0.4, 0.5) is 4.39 Å². The fourth-order valence-corrected chi connectivity index (χ4v) is 1.00. The van der Waals surface area contributed by atoms with Crippen molar-refractivity contribution in [2.45, 2.75) is 13.0 Å². The third-order valence-corrected chi connectivity index (χ3v) is 1.61. The summed E-state index contributed by atoms with van der Waals surface area (Å²) >= 11 is 0. The highest BCUT2D eigenvalue weighted by molar-refractivity contribution is 5.66. The van der Waals surface area contributed by atoms with Crippen molar-refractivity contribution in [3.8, 4) is 12.3 Å². The first-order valence-electron chi connectivity index (χ1n) is 4.02. The molecule has 2 nitrogen and oxygen atoms in total. The number of benzene rings is 1. The Balaban J connectivity index is 2.85. The molecule has 0 fully saturated rings. The lowest BCUT2D eigenvalue weighted by Gasteiger charge is -2.10. The number of carbonyl (C=O) groups is 1. The average Bonchev–Trinajstić information content (AvgIpc) is 2.15. The van der Waals surface area contributed by atoms with Gasteiger partial charge in [-0.2, -0.15) is 0 Å². The molecule has 14 heavy (non-hydrogen) atoms. The van der Waals surface area contributed by atoms with Gasteiger partial charge in [-0.1, -0.05) is 18.1 Å². The summed E-state index contributed by atoms with van der Waals surface area (Å²) < 4.78 is 17.4. The molecule has 0 aliphatic heterocycles. The van der Waals surface area contributed by atoms with Crippen LogP contribution in [-0.4, -0.2) is 5.97 Å². The first-order chi connectivity index (χ1) is 6.63. The zero-order valence-electron chi connectivity index (χ0n) is 7.66. The van der Waals surface area contributed by atoms with Gasteiger partial charge in [-0.15, -0.1) is 6.42 Å². The van der Waals surface area contributed by atoms with Gasteiger partial charge in [-0.05, 0) is 12.1 Å². The Bertz CT molecular complexity index is 362. The minimum atomic E-state index is -0.743. The lowest BCUT2D eigenvalue weighted by atomic mass is 10.1. The van der Waals surface area contributed by atoms with Crippen molar-refractivity contribution in [1.29, 1.82) is 0 Å². The number of ether oxygens (including phenoxy) is 1. The van der Waals surface area contributed by atoms with Gasteiger partial charge in [0.05, 0.1) is 0 Å². The van der Waals surface area contributed by atoms with E-state index in [4.69, 9.17) is 11.2 Å². The third kappa shape index (κ3) is 2.60. The van der Waals surface area contributed by atoms with E-state index in [0.717, 1.165) is 0 Å². The molecular weight excluding hydrogens is 183 g/mol. The topological polar surface area (TPSA) is 26.3 Å². The van der Waals surface area contributed by atoms with Gasteiger partial charge in [-0.25, -0.2) is 4.39 Å². The highest BCUT2D eigenvalue weighted by atomic mass is 19.1. The van der Waals surface area contributed by atoms with Crippen LogP contribution in [0.3, 0.4) is 0 Å². The molecule has 0 aromatic heterocycles. The fraction of sp³-hybridized carbons (Fsp3) is 0.182. The summed E-state index contributed by atoms with van der Waals surface area (Å²) in [4.78, 5) is 10.7. The van der Waals surface area contributed by atoms with Crippen molar-refractivity contribution in [2.75, 3.05) is 0 Å². The van der Waals surface area contributed by atoms with E-state index in [1.165, 1.54) is 31.2 Å². The van der Waals surface area contributed by atoms with Crippen molar-refractivity contribution in [3.63, 3.8) is 0 Å². The Labute approximate surface area is 81.7 Å². The molecule has 72 valence electrons. The van der Waals surface area contributed by atoms with Crippen LogP contribution in [0.1, 0.15) is 18.6 Å². The molecule has 1 atom stereocenters. The van der Waals surface area contributed by atoms with Crippen LogP contribution in [0.5, 0.6) is 0 Å². The molecule has 0 aliphatic rings. The molecule has 1 rings (SSSR count). The molecule has 1 aromatic carbocycles. The van der Waals surface area contributed by atoms with Gasteiger partial charge in [0, 0.05) is 12.5 Å². The predicted molar refractivity (Wildman–Crippen MR) is 49.7 cm³/mol. The molecule has 1 aromatic rings. The summed E-state index contributed by atoms with van der Waals surface area (Å²) in [5.74, 6) is 1.49. The summed E-state index contributed by atoms with van der Waals surface area (Å²) in [7, 11) is 0. The lowest BCUT2D eigenvalue weighted by molar-refractivity contribution is -0.144. The van der Waals surface area contributed by atoms with E-state index >= 15 is 0 Å². The Morgan fingerprint density at radius 3 is 2.50 bits per heavy atom. The van der Waals surface area contributed by atoms with Crippen molar-refractivity contribution in [3.05, 3.63) is 35.6 Å². The van der Waals surface area contributed by atoms with Gasteiger partial charge >= 0.3 is 5.97 Å². The predicted octanol–water partition coefficient (Wildman–Crippen LogP) is 2.06. The highest BCUT2D eigenvalue weighted by Crippen LogP contribution is 2.16. The maximum atomic E-state index is 12.6. The summed E-state index contributed by atoms with van der Waals surface area (Å²) in [6.07, 6.45) is 4.43. The van der Waals surface area contributed by atoms with E-state index < -0.39 is 12.1 Å². The smallest absolute Gasteiger partial charge is 0.304 e. The Kier molecular flexibility index (Phi) is 3.24. The number of rotatable bonds is 2. The summed E-state index contributed by atoms with van der Waals surface area (Å²) in [6.45, 7) is 1.27. The van der Waals surface area contributed by atoms with Gasteiger partial charge in [0.2, 0.25) is 0 Å². The van der Waals surface area contributed by atoms with E-state index in [1.807, 2.05) is 0 Å². The summed E-state index contributed by atoms with van der Waals surface area (Å²) in [5.41, 5.74) is 0.587. The van der Waals surface area contributed by atoms with Crippen LogP contribution in [0.25, 0.3) is 0 Å². The Morgan fingerprint density at radius 2 is 2.07 bits per heavy atom. The first kappa shape index (κ1) is 10.3. The molecule has 0 amide bonds. The Hall–Kier alpha value is -1.82. The number of esters is 1. The van der Waals surface area contributed by atoms with Crippen LogP contribution >= 0.6 is 0 Å². The van der Waals surface area contributed by atoms with Gasteiger partial charge < -0.3 is 4.74 Å². The quantitative estimate of drug-likeness (QED) is 0.529. The number of hydrogen-bond donors (Lipinski definition) is 0. The van der Waals surface area contributed by atoms with Crippen LogP contribution in [-0.2, 0) is 9.53 Å². The van der Waals surface area contributed by atoms with Crippen molar-refractivity contribution >= 4 is 5.97 Å². The maximum Gasteiger partial charge on any atom is 0.304 e. The number of terminal acetylenes is 1. The second kappa shape index (κ2) is 4.43. The maximum absolute atomic E-state index is 12.6. The van der Waals surface area contributed by atoms with E-state index in [1.54, 1.807) is 0 Å². The van der Waals surface area contributed by atoms with Gasteiger partial charge in [0.25, 0.3) is 0 Å². The Morgan fingerprint density at radius 1 is 1.50 bits per heavy atom. The molecule has 0 bridgehead atoms. The molecule has 0 spiro atoms. The standard InChI is InChI=1S/C11H9FO2/c1-3-11(14-8(2)13)9-4-6-10(12)7-5-9/h1,4-7,11H,2H3. The minimum absolute atomic E-state index is 0.354. The summed E-state index contributed by atoms with van der Waals surface area (Å²) in [5, 5.41) is 0. The zero-order valence-corrected chi connectivity index (χ0v) is 7.66. The van der Waals surface area contributed by atoms with Gasteiger partial charge in [0.15, 0.2) is 6.10 Å². The molecule has 0 saturated heterocycles. The number of carbonyl (C=O) groups excluding carboxylic acids is 1. The molecule has 0 radical (unpaired) electrons. The van der Waals surface area contributed by atoms with E-state index in [-0.39, 0.29) is 5.82 Å². The van der Waals surface area contributed by atoms with Crippen molar-refractivity contribution in [1.82, 2.24) is 0 Å². The molecule has 0 aliphatic carbocycles. The molecule has 3 heteroatoms. The summed E-state index contributed by atoms with van der Waals surface area (Å²) in [6, 6.07) is 5.51. The van der Waals surface area contributed by atoms with Gasteiger partial charge in [0.1, 0.15) is 5.82 Å². The first-order valence-corrected chi connectivity index (χ1v) is 4.02. The minimum Gasteiger partial charge on any atom is -0.444 e. The molecular formula is C11H9FO2. The molecule has 1 unspecified atom stereocenters. The average molecular weight is 192 g/mol. The largest absolute Gasteiger partial charge is 0.444 e. The monoisotopic (exact) mass is 192 g/mol. The van der Waals surface area contributed by atoms with E-state index in [2.05, 4.69) is 5.92 Å². The van der Waals surface area contributed by atoms with Crippen LogP contribution in [0, 0.1) is 18.2 Å². The second-order valence-corrected chi connectivity index (χ2v) is 2.71. The fourth-order valence-electron chi connectivity index (χ4n) is 1.00. The van der Waals surface area contributed by atoms with E-state index in [0.29, 0.717) is 5.56 Å². The molecule has 0 saturated carbocycles. The SMILES string of the molecule is C#CC(OC(C)=O)c1ccc(F)cc1. The number of hydrogen-bond acceptors (Lipinski definition) is 2. The third-order valence-electron chi connectivity index (χ3n) is 1.61. The second-order valence-electron chi connectivity index (χ2n) is 2.71. The normalized spacial score (nSPS) is 11.5. The van der Waals surface area contributed by atoms with Gasteiger partial charge in [-0.3, -0.25) is 4.79 Å². The number of halogens is 1. The molecule has 0 heterocycles. The van der Waals surface area contributed by atoms with Crippen molar-refractivity contribution in [2.24, 2.45) is 0 Å². The molecule has 0 N–H and O–H groups in total. The van der Waals surface area contributed by atoms with Crippen molar-refractivity contribution < 1.29 is 13.9 Å². The van der Waals surface area contributed by atoms with Crippen LogP contribution < -0.4 is 0 Å². The van der Waals surface area contributed by atoms with E-state index in [9.17, 15) is 9.18 Å².